The molecule has 0 heterocycles. The molecular weight excluding hydrogens is 182 g/mol. The molecule has 86 valence electrons. The maximum Gasteiger partial charge on any atom is 0.0316 e. The highest BCUT2D eigenvalue weighted by Crippen LogP contribution is 2.27. The summed E-state index contributed by atoms with van der Waals surface area (Å²) in [4.78, 5) is 0. The Morgan fingerprint density at radius 1 is 1.13 bits per heavy atom. The molecule has 0 unspecified atom stereocenters. The molecule has 0 aromatic heterocycles. The molecule has 0 saturated heterocycles. The molecule has 1 rings (SSSR count). The summed E-state index contributed by atoms with van der Waals surface area (Å²) in [5.41, 5.74) is 9.61. The Kier molecular flexibility index (Phi) is 5.41. The second-order valence-corrected chi connectivity index (χ2v) is 4.52. The molecule has 0 saturated carbocycles. The predicted molar refractivity (Wildman–Crippen MR) is 70.3 cm³/mol. The third-order valence-corrected chi connectivity index (χ3v) is 2.32. The van der Waals surface area contributed by atoms with Gasteiger partial charge in [-0.05, 0) is 35.1 Å². The van der Waals surface area contributed by atoms with E-state index in [9.17, 15) is 0 Å². The fourth-order valence-electron chi connectivity index (χ4n) is 1.64. The van der Waals surface area contributed by atoms with E-state index in [2.05, 4.69) is 39.8 Å². The highest BCUT2D eigenvalue weighted by Gasteiger charge is 2.16. The average Bonchev–Trinajstić information content (AvgIpc) is 2.18. The monoisotopic (exact) mass is 207 g/mol. The van der Waals surface area contributed by atoms with E-state index in [0.29, 0.717) is 0 Å². The van der Waals surface area contributed by atoms with Crippen molar-refractivity contribution in [2.45, 2.75) is 53.4 Å². The molecule has 1 aromatic carbocycles. The van der Waals surface area contributed by atoms with E-state index >= 15 is 0 Å². The van der Waals surface area contributed by atoms with Gasteiger partial charge in [-0.1, -0.05) is 47.6 Å². The number of hydrogen-bond acceptors (Lipinski definition) is 1. The second kappa shape index (κ2) is 5.79. The molecule has 0 fully saturated rings. The number of nitrogen functional groups attached to an aromatic ring is 1. The minimum Gasteiger partial charge on any atom is -0.399 e. The molecule has 0 aliphatic rings. The van der Waals surface area contributed by atoms with Gasteiger partial charge in [0.1, 0.15) is 0 Å². The summed E-state index contributed by atoms with van der Waals surface area (Å²) in [7, 11) is 0. The van der Waals surface area contributed by atoms with Crippen molar-refractivity contribution in [3.05, 3.63) is 29.3 Å². The summed E-state index contributed by atoms with van der Waals surface area (Å²) in [6.07, 6.45) is 1.05. The summed E-state index contributed by atoms with van der Waals surface area (Å²) < 4.78 is 0. The lowest BCUT2D eigenvalue weighted by atomic mass is 9.83. The van der Waals surface area contributed by atoms with E-state index in [1.54, 1.807) is 0 Å². The Balaban J connectivity index is 0.000000921. The Bertz CT molecular complexity index is 295. The van der Waals surface area contributed by atoms with Gasteiger partial charge in [0.2, 0.25) is 0 Å². The summed E-state index contributed by atoms with van der Waals surface area (Å²) in [6.45, 7) is 12.9. The third-order valence-electron chi connectivity index (χ3n) is 2.32. The van der Waals surface area contributed by atoms with Crippen LogP contribution in [0, 0.1) is 0 Å². The molecule has 0 bridgehead atoms. The van der Waals surface area contributed by atoms with Crippen LogP contribution in [0.5, 0.6) is 0 Å². The highest BCUT2D eigenvalue weighted by molar-refractivity contribution is 5.46. The molecule has 0 radical (unpaired) electrons. The first-order valence-corrected chi connectivity index (χ1v) is 5.84. The van der Waals surface area contributed by atoms with Crippen LogP contribution in [0.15, 0.2) is 18.2 Å². The van der Waals surface area contributed by atoms with E-state index in [4.69, 9.17) is 5.73 Å². The lowest BCUT2D eigenvalue weighted by Crippen LogP contribution is -2.14. The van der Waals surface area contributed by atoms with E-state index in [0.717, 1.165) is 12.1 Å². The first kappa shape index (κ1) is 14.0. The zero-order valence-corrected chi connectivity index (χ0v) is 11.0. The van der Waals surface area contributed by atoms with Crippen LogP contribution in [-0.2, 0) is 11.8 Å². The largest absolute Gasteiger partial charge is 0.399 e. The van der Waals surface area contributed by atoms with Crippen LogP contribution in [-0.4, -0.2) is 0 Å². The molecule has 0 aliphatic carbocycles. The van der Waals surface area contributed by atoms with Crippen molar-refractivity contribution < 1.29 is 0 Å². The third kappa shape index (κ3) is 3.94. The molecule has 2 N–H and O–H groups in total. The number of hydrogen-bond donors (Lipinski definition) is 1. The number of anilines is 1. The lowest BCUT2D eigenvalue weighted by Gasteiger charge is -2.22. The summed E-state index contributed by atoms with van der Waals surface area (Å²) in [6, 6.07) is 6.22. The lowest BCUT2D eigenvalue weighted by molar-refractivity contribution is 0.583. The molecule has 0 spiro atoms. The fraction of sp³-hybridized carbons (Fsp3) is 0.571. The normalized spacial score (nSPS) is 10.5. The van der Waals surface area contributed by atoms with Crippen molar-refractivity contribution in [1.82, 2.24) is 0 Å². The molecule has 1 heteroatoms. The first-order valence-electron chi connectivity index (χ1n) is 5.84. The Labute approximate surface area is 94.7 Å². The quantitative estimate of drug-likeness (QED) is 0.688. The number of aryl methyl sites for hydroxylation is 1. The minimum atomic E-state index is 0.221. The van der Waals surface area contributed by atoms with Gasteiger partial charge >= 0.3 is 0 Å². The van der Waals surface area contributed by atoms with E-state index < -0.39 is 0 Å². The van der Waals surface area contributed by atoms with Crippen LogP contribution >= 0.6 is 0 Å². The summed E-state index contributed by atoms with van der Waals surface area (Å²) in [5.74, 6) is 0. The van der Waals surface area contributed by atoms with E-state index in [1.807, 2.05) is 19.9 Å². The van der Waals surface area contributed by atoms with Crippen LogP contribution < -0.4 is 5.73 Å². The summed E-state index contributed by atoms with van der Waals surface area (Å²) in [5, 5.41) is 0. The van der Waals surface area contributed by atoms with Gasteiger partial charge in [0.05, 0.1) is 0 Å². The molecule has 0 atom stereocenters. The van der Waals surface area contributed by atoms with Gasteiger partial charge in [-0.25, -0.2) is 0 Å². The van der Waals surface area contributed by atoms with Crippen LogP contribution in [0.25, 0.3) is 0 Å². The molecule has 0 amide bonds. The smallest absolute Gasteiger partial charge is 0.0316 e. The fourth-order valence-corrected chi connectivity index (χ4v) is 1.64. The van der Waals surface area contributed by atoms with Gasteiger partial charge in [0.25, 0.3) is 0 Å². The van der Waals surface area contributed by atoms with Crippen molar-refractivity contribution in [1.29, 1.82) is 0 Å². The molecule has 1 aromatic rings. The van der Waals surface area contributed by atoms with Gasteiger partial charge < -0.3 is 5.73 Å². The van der Waals surface area contributed by atoms with Crippen molar-refractivity contribution in [3.8, 4) is 0 Å². The van der Waals surface area contributed by atoms with Crippen LogP contribution in [0.3, 0.4) is 0 Å². The van der Waals surface area contributed by atoms with Gasteiger partial charge in [-0.15, -0.1) is 0 Å². The molecule has 1 nitrogen and oxygen atoms in total. The maximum atomic E-state index is 5.75. The standard InChI is InChI=1S/C12H19N.C2H6/c1-5-9-8-10(13)6-7-11(9)12(2,3)4;1-2/h6-8H,5,13H2,1-4H3;1-2H3. The number of benzene rings is 1. The number of rotatable bonds is 1. The molecule has 0 aliphatic heterocycles. The highest BCUT2D eigenvalue weighted by atomic mass is 14.5. The second-order valence-electron chi connectivity index (χ2n) is 4.52. The predicted octanol–water partition coefficient (Wildman–Crippen LogP) is 4.15. The average molecular weight is 207 g/mol. The maximum absolute atomic E-state index is 5.75. The van der Waals surface area contributed by atoms with E-state index in [1.165, 1.54) is 11.1 Å². The van der Waals surface area contributed by atoms with Gasteiger partial charge in [0, 0.05) is 5.69 Å². The van der Waals surface area contributed by atoms with Crippen molar-refractivity contribution in [3.63, 3.8) is 0 Å². The van der Waals surface area contributed by atoms with Crippen molar-refractivity contribution in [2.75, 3.05) is 5.73 Å². The van der Waals surface area contributed by atoms with Crippen molar-refractivity contribution in [2.24, 2.45) is 0 Å². The Morgan fingerprint density at radius 3 is 2.07 bits per heavy atom. The SMILES string of the molecule is CC.CCc1cc(N)ccc1C(C)(C)C. The molecular formula is C14H25N. The van der Waals surface area contributed by atoms with Crippen LogP contribution in [0.2, 0.25) is 0 Å². The zero-order chi connectivity index (χ0) is 12.1. The first-order chi connectivity index (χ1) is 6.95. The van der Waals surface area contributed by atoms with Gasteiger partial charge in [-0.3, -0.25) is 0 Å². The summed E-state index contributed by atoms with van der Waals surface area (Å²) >= 11 is 0. The van der Waals surface area contributed by atoms with E-state index in [-0.39, 0.29) is 5.41 Å². The van der Waals surface area contributed by atoms with Crippen LogP contribution in [0.1, 0.15) is 52.7 Å². The minimum absolute atomic E-state index is 0.221. The molecule has 15 heavy (non-hydrogen) atoms. The Morgan fingerprint density at radius 2 is 1.67 bits per heavy atom. The number of nitrogens with two attached hydrogens (primary N) is 1. The zero-order valence-electron chi connectivity index (χ0n) is 11.0. The topological polar surface area (TPSA) is 26.0 Å². The van der Waals surface area contributed by atoms with Gasteiger partial charge in [-0.2, -0.15) is 0 Å². The van der Waals surface area contributed by atoms with Crippen LogP contribution in [0.4, 0.5) is 5.69 Å². The van der Waals surface area contributed by atoms with Gasteiger partial charge in [0.15, 0.2) is 0 Å². The van der Waals surface area contributed by atoms with Crippen molar-refractivity contribution >= 4 is 5.69 Å². The Hall–Kier alpha value is -0.980.